The molecule has 0 aromatic rings. The molecule has 0 N–H and O–H groups in total. The maximum atomic E-state index is 10.5. The predicted molar refractivity (Wildman–Crippen MR) is 42.2 cm³/mol. The van der Waals surface area contributed by atoms with Gasteiger partial charge >= 0.3 is 0 Å². The molecule has 0 fully saturated rings. The van der Waals surface area contributed by atoms with E-state index in [2.05, 4.69) is 6.58 Å². The summed E-state index contributed by atoms with van der Waals surface area (Å²) in [5.41, 5.74) is -0.409. The van der Waals surface area contributed by atoms with Crippen LogP contribution in [0, 0.1) is 5.92 Å². The van der Waals surface area contributed by atoms with E-state index in [4.69, 9.17) is 0 Å². The number of carbonyl (C=O) groups excluding carboxylic acids is 2. The van der Waals surface area contributed by atoms with E-state index in [1.807, 2.05) is 6.92 Å². The van der Waals surface area contributed by atoms with E-state index in [0.717, 1.165) is 6.42 Å². The van der Waals surface area contributed by atoms with Gasteiger partial charge < -0.3 is 19.8 Å². The van der Waals surface area contributed by atoms with Gasteiger partial charge in [-0.1, -0.05) is 26.3 Å². The number of rotatable bonds is 6. The Morgan fingerprint density at radius 2 is 1.92 bits per heavy atom. The highest BCUT2D eigenvalue weighted by Gasteiger charge is 2.13. The Morgan fingerprint density at radius 1 is 1.38 bits per heavy atom. The number of unbranched alkanes of at least 4 members (excludes halogenated alkanes) is 1. The van der Waals surface area contributed by atoms with Gasteiger partial charge in [0.2, 0.25) is 0 Å². The fourth-order valence-electron chi connectivity index (χ4n) is 0.985. The number of aliphatic carboxylic acids is 2. The van der Waals surface area contributed by atoms with E-state index in [9.17, 15) is 19.8 Å². The fraction of sp³-hybridized carbons (Fsp3) is 0.556. The van der Waals surface area contributed by atoms with Gasteiger partial charge in [0.1, 0.15) is 0 Å². The molecule has 0 aliphatic carbocycles. The van der Waals surface area contributed by atoms with Crippen molar-refractivity contribution in [3.05, 3.63) is 12.2 Å². The molecular weight excluding hydrogens is 172 g/mol. The predicted octanol–water partition coefficient (Wildman–Crippen LogP) is -1.15. The van der Waals surface area contributed by atoms with Crippen LogP contribution < -0.4 is 10.2 Å². The number of carboxylic acid groups (broad SMARTS) is 2. The highest BCUT2D eigenvalue weighted by atomic mass is 16.4. The van der Waals surface area contributed by atoms with Crippen molar-refractivity contribution in [3.63, 3.8) is 0 Å². The number of hydrogen-bond donors (Lipinski definition) is 0. The molecule has 74 valence electrons. The van der Waals surface area contributed by atoms with Crippen LogP contribution in [0.15, 0.2) is 12.2 Å². The van der Waals surface area contributed by atoms with Crippen LogP contribution in [-0.2, 0) is 9.59 Å². The average Bonchev–Trinajstić information content (AvgIpc) is 2.04. The molecule has 0 amide bonds. The first-order valence-electron chi connectivity index (χ1n) is 4.11. The van der Waals surface area contributed by atoms with Crippen LogP contribution in [0.25, 0.3) is 0 Å². The summed E-state index contributed by atoms with van der Waals surface area (Å²) >= 11 is 0. The smallest absolute Gasteiger partial charge is 0.0675 e. The average molecular weight is 184 g/mol. The standard InChI is InChI=1S/C9H14O4/c1-3-4-5-7(9(12)13)6(2)8(10)11/h7H,2-5H2,1H3,(H,10,11)(H,12,13)/p-2. The van der Waals surface area contributed by atoms with Crippen LogP contribution in [0.2, 0.25) is 0 Å². The molecule has 0 aromatic carbocycles. The zero-order chi connectivity index (χ0) is 10.4. The topological polar surface area (TPSA) is 80.3 Å². The minimum atomic E-state index is -1.52. The molecule has 1 unspecified atom stereocenters. The molecule has 0 radical (unpaired) electrons. The molecule has 0 spiro atoms. The van der Waals surface area contributed by atoms with E-state index in [-0.39, 0.29) is 6.42 Å². The van der Waals surface area contributed by atoms with Crippen molar-refractivity contribution < 1.29 is 19.8 Å². The van der Waals surface area contributed by atoms with Crippen molar-refractivity contribution in [1.29, 1.82) is 0 Å². The SMILES string of the molecule is C=C(C(=O)[O-])C(CCCC)C(=O)[O-]. The molecule has 4 nitrogen and oxygen atoms in total. The first kappa shape index (κ1) is 11.7. The van der Waals surface area contributed by atoms with Crippen LogP contribution in [0.1, 0.15) is 26.2 Å². The van der Waals surface area contributed by atoms with Crippen LogP contribution in [0.3, 0.4) is 0 Å². The van der Waals surface area contributed by atoms with Crippen molar-refractivity contribution >= 4 is 11.9 Å². The highest BCUT2D eigenvalue weighted by Crippen LogP contribution is 2.15. The second kappa shape index (κ2) is 5.35. The van der Waals surface area contributed by atoms with Gasteiger partial charge in [-0.05, 0) is 12.0 Å². The third-order valence-corrected chi connectivity index (χ3v) is 1.81. The molecule has 0 aromatic heterocycles. The molecule has 0 aliphatic heterocycles. The number of carboxylic acids is 2. The van der Waals surface area contributed by atoms with Gasteiger partial charge in [-0.3, -0.25) is 0 Å². The molecule has 4 heteroatoms. The molecular formula is C9H12O4-2. The summed E-state index contributed by atoms with van der Waals surface area (Å²) < 4.78 is 0. The van der Waals surface area contributed by atoms with Gasteiger partial charge in [0.05, 0.1) is 5.97 Å². The second-order valence-corrected chi connectivity index (χ2v) is 2.83. The Labute approximate surface area is 76.9 Å². The van der Waals surface area contributed by atoms with Gasteiger partial charge in [0, 0.05) is 11.9 Å². The molecule has 0 bridgehead atoms. The molecule has 0 rings (SSSR count). The zero-order valence-corrected chi connectivity index (χ0v) is 7.54. The Bertz CT molecular complexity index is 220. The van der Waals surface area contributed by atoms with Crippen molar-refractivity contribution in [2.24, 2.45) is 5.92 Å². The first-order chi connectivity index (χ1) is 6.00. The molecule has 13 heavy (non-hydrogen) atoms. The third-order valence-electron chi connectivity index (χ3n) is 1.81. The summed E-state index contributed by atoms with van der Waals surface area (Å²) in [5.74, 6) is -4.04. The second-order valence-electron chi connectivity index (χ2n) is 2.83. The van der Waals surface area contributed by atoms with Crippen LogP contribution in [-0.4, -0.2) is 11.9 Å². The fourth-order valence-corrected chi connectivity index (χ4v) is 0.985. The Morgan fingerprint density at radius 3 is 2.23 bits per heavy atom. The maximum absolute atomic E-state index is 10.5. The van der Waals surface area contributed by atoms with E-state index < -0.39 is 23.4 Å². The Hall–Kier alpha value is -1.32. The van der Waals surface area contributed by atoms with Crippen LogP contribution >= 0.6 is 0 Å². The van der Waals surface area contributed by atoms with Gasteiger partial charge in [-0.25, -0.2) is 0 Å². The summed E-state index contributed by atoms with van der Waals surface area (Å²) in [5, 5.41) is 20.8. The lowest BCUT2D eigenvalue weighted by molar-refractivity contribution is -0.315. The zero-order valence-electron chi connectivity index (χ0n) is 7.54. The van der Waals surface area contributed by atoms with Crippen LogP contribution in [0.5, 0.6) is 0 Å². The number of hydrogen-bond acceptors (Lipinski definition) is 4. The lowest BCUT2D eigenvalue weighted by Gasteiger charge is -2.20. The minimum absolute atomic E-state index is 0.242. The normalized spacial score (nSPS) is 12.1. The lowest BCUT2D eigenvalue weighted by Crippen LogP contribution is -2.38. The summed E-state index contributed by atoms with van der Waals surface area (Å²) in [6.07, 6.45) is 1.67. The lowest BCUT2D eigenvalue weighted by atomic mass is 9.95. The number of carbonyl (C=O) groups is 2. The Balaban J connectivity index is 4.33. The molecule has 0 aliphatic rings. The van der Waals surface area contributed by atoms with Crippen LogP contribution in [0.4, 0.5) is 0 Å². The highest BCUT2D eigenvalue weighted by molar-refractivity contribution is 5.91. The molecule has 0 saturated carbocycles. The van der Waals surface area contributed by atoms with E-state index in [1.54, 1.807) is 0 Å². The van der Waals surface area contributed by atoms with Crippen molar-refractivity contribution in [1.82, 2.24) is 0 Å². The first-order valence-corrected chi connectivity index (χ1v) is 4.11. The van der Waals surface area contributed by atoms with E-state index in [1.165, 1.54) is 0 Å². The minimum Gasteiger partial charge on any atom is -0.549 e. The van der Waals surface area contributed by atoms with E-state index >= 15 is 0 Å². The van der Waals surface area contributed by atoms with Crippen molar-refractivity contribution in [2.75, 3.05) is 0 Å². The summed E-state index contributed by atoms with van der Waals surface area (Å²) in [6, 6.07) is 0. The largest absolute Gasteiger partial charge is 0.549 e. The maximum Gasteiger partial charge on any atom is 0.0675 e. The van der Waals surface area contributed by atoms with Crippen molar-refractivity contribution in [2.45, 2.75) is 26.2 Å². The van der Waals surface area contributed by atoms with E-state index in [0.29, 0.717) is 6.42 Å². The van der Waals surface area contributed by atoms with Crippen molar-refractivity contribution in [3.8, 4) is 0 Å². The quantitative estimate of drug-likeness (QED) is 0.488. The molecule has 0 heterocycles. The van der Waals surface area contributed by atoms with Gasteiger partial charge in [-0.2, -0.15) is 0 Å². The Kier molecular flexibility index (Phi) is 4.80. The summed E-state index contributed by atoms with van der Waals surface area (Å²) in [6.45, 7) is 5.03. The summed E-state index contributed by atoms with van der Waals surface area (Å²) in [4.78, 5) is 20.8. The van der Waals surface area contributed by atoms with Gasteiger partial charge in [-0.15, -0.1) is 0 Å². The third kappa shape index (κ3) is 3.73. The molecule has 0 saturated heterocycles. The van der Waals surface area contributed by atoms with Gasteiger partial charge in [0.25, 0.3) is 0 Å². The molecule has 1 atom stereocenters. The summed E-state index contributed by atoms with van der Waals surface area (Å²) in [7, 11) is 0. The van der Waals surface area contributed by atoms with Gasteiger partial charge in [0.15, 0.2) is 0 Å². The monoisotopic (exact) mass is 184 g/mol.